The standard InChI is InChI=1S/C11H10FN3O3/c1-2-14-9(10(16)17)13-15(11(14)18)8-5-3-7(12)4-6-8/h3-6H,2H2,1H3,(H,16,17). The van der Waals surface area contributed by atoms with Gasteiger partial charge in [0.15, 0.2) is 0 Å². The van der Waals surface area contributed by atoms with Crippen LogP contribution in [-0.4, -0.2) is 25.4 Å². The van der Waals surface area contributed by atoms with Crippen molar-refractivity contribution in [2.45, 2.75) is 13.5 Å². The molecule has 0 spiro atoms. The number of halogens is 1. The van der Waals surface area contributed by atoms with Crippen LogP contribution in [-0.2, 0) is 6.54 Å². The third-order valence-corrected chi connectivity index (χ3v) is 2.44. The zero-order valence-corrected chi connectivity index (χ0v) is 9.50. The van der Waals surface area contributed by atoms with Crippen LogP contribution in [0.3, 0.4) is 0 Å². The predicted octanol–water partition coefficient (Wildman–Crippen LogP) is 0.891. The second-order valence-corrected chi connectivity index (χ2v) is 3.54. The van der Waals surface area contributed by atoms with Crippen LogP contribution in [0.4, 0.5) is 4.39 Å². The molecule has 1 aromatic carbocycles. The van der Waals surface area contributed by atoms with Crippen LogP contribution >= 0.6 is 0 Å². The maximum Gasteiger partial charge on any atom is 0.374 e. The Morgan fingerprint density at radius 2 is 2.00 bits per heavy atom. The zero-order valence-electron chi connectivity index (χ0n) is 9.50. The molecule has 1 heterocycles. The van der Waals surface area contributed by atoms with Crippen molar-refractivity contribution >= 4 is 5.97 Å². The average Bonchev–Trinajstić information content (AvgIpc) is 2.67. The normalized spacial score (nSPS) is 10.6. The van der Waals surface area contributed by atoms with Gasteiger partial charge < -0.3 is 5.11 Å². The van der Waals surface area contributed by atoms with Crippen molar-refractivity contribution in [1.29, 1.82) is 0 Å². The Bertz CT molecular complexity index is 643. The molecular weight excluding hydrogens is 241 g/mol. The second-order valence-electron chi connectivity index (χ2n) is 3.54. The molecule has 94 valence electrons. The van der Waals surface area contributed by atoms with E-state index in [9.17, 15) is 14.0 Å². The van der Waals surface area contributed by atoms with E-state index in [1.54, 1.807) is 6.92 Å². The fraction of sp³-hybridized carbons (Fsp3) is 0.182. The number of aromatic carboxylic acids is 1. The maximum absolute atomic E-state index is 12.8. The summed E-state index contributed by atoms with van der Waals surface area (Å²) >= 11 is 0. The van der Waals surface area contributed by atoms with Crippen LogP contribution in [0, 0.1) is 5.82 Å². The lowest BCUT2D eigenvalue weighted by Gasteiger charge is -1.98. The predicted molar refractivity (Wildman–Crippen MR) is 60.4 cm³/mol. The summed E-state index contributed by atoms with van der Waals surface area (Å²) in [5.74, 6) is -2.07. The third-order valence-electron chi connectivity index (χ3n) is 2.44. The minimum absolute atomic E-state index is 0.196. The van der Waals surface area contributed by atoms with E-state index in [1.807, 2.05) is 0 Å². The fourth-order valence-corrected chi connectivity index (χ4v) is 1.59. The number of carboxylic acids is 1. The van der Waals surface area contributed by atoms with E-state index in [2.05, 4.69) is 5.10 Å². The van der Waals surface area contributed by atoms with Crippen molar-refractivity contribution in [3.63, 3.8) is 0 Å². The minimum atomic E-state index is -1.28. The SMILES string of the molecule is CCn1c(C(=O)O)nn(-c2ccc(F)cc2)c1=O. The van der Waals surface area contributed by atoms with Crippen molar-refractivity contribution in [1.82, 2.24) is 14.3 Å². The van der Waals surface area contributed by atoms with Gasteiger partial charge in [0.25, 0.3) is 0 Å². The Morgan fingerprint density at radius 1 is 1.39 bits per heavy atom. The summed E-state index contributed by atoms with van der Waals surface area (Å²) in [7, 11) is 0. The van der Waals surface area contributed by atoms with Crippen LogP contribution < -0.4 is 5.69 Å². The van der Waals surface area contributed by atoms with Gasteiger partial charge in [-0.05, 0) is 31.2 Å². The summed E-state index contributed by atoms with van der Waals surface area (Å²) in [6.07, 6.45) is 0. The van der Waals surface area contributed by atoms with Gasteiger partial charge in [-0.15, -0.1) is 5.10 Å². The van der Waals surface area contributed by atoms with Crippen molar-refractivity contribution in [2.75, 3.05) is 0 Å². The summed E-state index contributed by atoms with van der Waals surface area (Å²) in [5.41, 5.74) is -0.252. The molecule has 0 aliphatic heterocycles. The molecule has 0 amide bonds. The average molecular weight is 251 g/mol. The molecule has 0 fully saturated rings. The van der Waals surface area contributed by atoms with Crippen molar-refractivity contribution in [3.05, 3.63) is 46.4 Å². The Hall–Kier alpha value is -2.44. The van der Waals surface area contributed by atoms with Gasteiger partial charge in [-0.3, -0.25) is 4.57 Å². The Morgan fingerprint density at radius 3 is 2.44 bits per heavy atom. The van der Waals surface area contributed by atoms with E-state index in [-0.39, 0.29) is 12.4 Å². The first kappa shape index (κ1) is 12.0. The highest BCUT2D eigenvalue weighted by molar-refractivity contribution is 5.83. The summed E-state index contributed by atoms with van der Waals surface area (Å²) < 4.78 is 14.7. The lowest BCUT2D eigenvalue weighted by atomic mass is 10.3. The van der Waals surface area contributed by atoms with Crippen LogP contribution in [0.5, 0.6) is 0 Å². The monoisotopic (exact) mass is 251 g/mol. The van der Waals surface area contributed by atoms with E-state index in [0.29, 0.717) is 5.69 Å². The molecule has 0 unspecified atom stereocenters. The van der Waals surface area contributed by atoms with Gasteiger partial charge in [-0.2, -0.15) is 4.68 Å². The maximum atomic E-state index is 12.8. The van der Waals surface area contributed by atoms with Gasteiger partial charge >= 0.3 is 11.7 Å². The van der Waals surface area contributed by atoms with Gasteiger partial charge in [-0.25, -0.2) is 14.0 Å². The minimum Gasteiger partial charge on any atom is -0.475 e. The number of aromatic nitrogens is 3. The largest absolute Gasteiger partial charge is 0.475 e. The number of carboxylic acid groups (broad SMARTS) is 1. The Kier molecular flexibility index (Phi) is 2.97. The van der Waals surface area contributed by atoms with E-state index < -0.39 is 17.5 Å². The first-order chi connectivity index (χ1) is 8.54. The van der Waals surface area contributed by atoms with Gasteiger partial charge in [0.1, 0.15) is 5.82 Å². The molecule has 0 radical (unpaired) electrons. The van der Waals surface area contributed by atoms with Crippen LogP contribution in [0.25, 0.3) is 5.69 Å². The number of carbonyl (C=O) groups is 1. The second kappa shape index (κ2) is 4.44. The highest BCUT2D eigenvalue weighted by atomic mass is 19.1. The number of hydrogen-bond acceptors (Lipinski definition) is 3. The Balaban J connectivity index is 2.62. The van der Waals surface area contributed by atoms with E-state index in [4.69, 9.17) is 5.11 Å². The Labute approximate surface area is 101 Å². The first-order valence-electron chi connectivity index (χ1n) is 5.23. The number of benzene rings is 1. The molecule has 0 saturated heterocycles. The lowest BCUT2D eigenvalue weighted by molar-refractivity contribution is 0.0677. The molecule has 7 heteroatoms. The molecule has 0 saturated carbocycles. The molecule has 1 N–H and O–H groups in total. The quantitative estimate of drug-likeness (QED) is 0.878. The number of hydrogen-bond donors (Lipinski definition) is 1. The summed E-state index contributed by atoms with van der Waals surface area (Å²) in [6.45, 7) is 1.84. The molecule has 0 aliphatic carbocycles. The smallest absolute Gasteiger partial charge is 0.374 e. The van der Waals surface area contributed by atoms with Crippen LogP contribution in [0.1, 0.15) is 17.5 Å². The molecule has 0 atom stereocenters. The molecule has 1 aromatic heterocycles. The topological polar surface area (TPSA) is 77.1 Å². The highest BCUT2D eigenvalue weighted by Crippen LogP contribution is 2.06. The van der Waals surface area contributed by atoms with E-state index in [0.717, 1.165) is 9.25 Å². The van der Waals surface area contributed by atoms with E-state index in [1.165, 1.54) is 24.3 Å². The first-order valence-corrected chi connectivity index (χ1v) is 5.23. The molecule has 2 aromatic rings. The molecule has 18 heavy (non-hydrogen) atoms. The number of nitrogens with zero attached hydrogens (tertiary/aromatic N) is 3. The zero-order chi connectivity index (χ0) is 13.3. The molecule has 0 bridgehead atoms. The number of rotatable bonds is 3. The lowest BCUT2D eigenvalue weighted by Crippen LogP contribution is -2.24. The van der Waals surface area contributed by atoms with Gasteiger partial charge in [-0.1, -0.05) is 0 Å². The van der Waals surface area contributed by atoms with E-state index >= 15 is 0 Å². The molecular formula is C11H10FN3O3. The van der Waals surface area contributed by atoms with Crippen LogP contribution in [0.2, 0.25) is 0 Å². The third kappa shape index (κ3) is 1.90. The van der Waals surface area contributed by atoms with Gasteiger partial charge in [0, 0.05) is 6.54 Å². The molecule has 6 nitrogen and oxygen atoms in total. The highest BCUT2D eigenvalue weighted by Gasteiger charge is 2.18. The summed E-state index contributed by atoms with van der Waals surface area (Å²) in [6, 6.07) is 5.06. The van der Waals surface area contributed by atoms with Crippen LogP contribution in [0.15, 0.2) is 29.1 Å². The molecule has 0 aliphatic rings. The van der Waals surface area contributed by atoms with Crippen molar-refractivity contribution in [2.24, 2.45) is 0 Å². The van der Waals surface area contributed by atoms with Gasteiger partial charge in [0.05, 0.1) is 5.69 Å². The van der Waals surface area contributed by atoms with Crippen molar-refractivity contribution < 1.29 is 14.3 Å². The summed E-state index contributed by atoms with van der Waals surface area (Å²) in [5, 5.41) is 12.7. The fourth-order valence-electron chi connectivity index (χ4n) is 1.59. The molecule has 2 rings (SSSR count). The summed E-state index contributed by atoms with van der Waals surface area (Å²) in [4.78, 5) is 22.9. The van der Waals surface area contributed by atoms with Gasteiger partial charge in [0.2, 0.25) is 5.82 Å². The van der Waals surface area contributed by atoms with Crippen molar-refractivity contribution in [3.8, 4) is 5.69 Å².